The van der Waals surface area contributed by atoms with Crippen LogP contribution in [0.25, 0.3) is 0 Å². The van der Waals surface area contributed by atoms with Crippen LogP contribution >= 0.6 is 35.1 Å². The van der Waals surface area contributed by atoms with E-state index in [0.717, 1.165) is 17.2 Å². The Morgan fingerprint density at radius 2 is 2.00 bits per heavy atom. The maximum atomic E-state index is 12.4. The molecule has 1 heterocycles. The summed E-state index contributed by atoms with van der Waals surface area (Å²) in [7, 11) is -3.44. The maximum Gasteiger partial charge on any atom is 0.202 e. The number of benzene rings is 1. The molecule has 2 rings (SSSR count). The van der Waals surface area contributed by atoms with Gasteiger partial charge in [-0.25, -0.2) is 8.42 Å². The van der Waals surface area contributed by atoms with E-state index >= 15 is 0 Å². The molecular weight excluding hydrogens is 396 g/mol. The first-order valence-electron chi connectivity index (χ1n) is 7.50. The van der Waals surface area contributed by atoms with E-state index in [9.17, 15) is 8.42 Å². The fraction of sp³-hybridized carbons (Fsp3) is 0.235. The second-order valence-corrected chi connectivity index (χ2v) is 9.11. The van der Waals surface area contributed by atoms with Crippen LogP contribution in [0.4, 0.5) is 0 Å². The lowest BCUT2D eigenvalue weighted by atomic mass is 10.4. The van der Waals surface area contributed by atoms with Gasteiger partial charge in [-0.05, 0) is 30.5 Å². The molecule has 0 radical (unpaired) electrons. The molecule has 0 amide bonds. The van der Waals surface area contributed by atoms with Gasteiger partial charge >= 0.3 is 0 Å². The Morgan fingerprint density at radius 1 is 1.24 bits per heavy atom. The van der Waals surface area contributed by atoms with Crippen LogP contribution < -0.4 is 5.32 Å². The molecular formula is C17H19ClN2O2S3. The molecule has 1 N–H and O–H groups in total. The van der Waals surface area contributed by atoms with Crippen molar-refractivity contribution < 1.29 is 8.42 Å². The first-order chi connectivity index (χ1) is 12.0. The number of nitrogens with one attached hydrogen (secondary N) is 1. The minimum absolute atomic E-state index is 0.294. The molecule has 0 spiro atoms. The fourth-order valence-electron chi connectivity index (χ4n) is 1.92. The molecule has 25 heavy (non-hydrogen) atoms. The lowest BCUT2D eigenvalue weighted by Gasteiger charge is -2.09. The average Bonchev–Trinajstić information content (AvgIpc) is 2.62. The summed E-state index contributed by atoms with van der Waals surface area (Å²) in [5.41, 5.74) is 0.862. The summed E-state index contributed by atoms with van der Waals surface area (Å²) in [6.07, 6.45) is 3.57. The molecule has 0 aliphatic rings. The summed E-state index contributed by atoms with van der Waals surface area (Å²) in [5.74, 6) is 1.54. The van der Waals surface area contributed by atoms with Crippen molar-refractivity contribution in [1.82, 2.24) is 10.3 Å². The van der Waals surface area contributed by atoms with Crippen LogP contribution in [0.5, 0.6) is 0 Å². The van der Waals surface area contributed by atoms with Gasteiger partial charge in [0.05, 0.1) is 26.0 Å². The SMILES string of the molecule is CSC(=CS(=O)(=O)c1ccccc1)NCCSCc1ncccc1Cl. The summed E-state index contributed by atoms with van der Waals surface area (Å²) >= 11 is 9.14. The van der Waals surface area contributed by atoms with Crippen molar-refractivity contribution in [1.29, 1.82) is 0 Å². The fourth-order valence-corrected chi connectivity index (χ4v) is 5.05. The van der Waals surface area contributed by atoms with Crippen molar-refractivity contribution in [3.05, 3.63) is 69.8 Å². The quantitative estimate of drug-likeness (QED) is 0.620. The van der Waals surface area contributed by atoms with Gasteiger partial charge in [0.15, 0.2) is 0 Å². The molecule has 2 aromatic rings. The summed E-state index contributed by atoms with van der Waals surface area (Å²) in [6.45, 7) is 0.659. The van der Waals surface area contributed by atoms with Gasteiger partial charge in [0.25, 0.3) is 0 Å². The zero-order valence-electron chi connectivity index (χ0n) is 13.7. The minimum atomic E-state index is -3.44. The van der Waals surface area contributed by atoms with Gasteiger partial charge in [0.2, 0.25) is 9.84 Å². The first kappa shape index (κ1) is 20.2. The van der Waals surface area contributed by atoms with Crippen LogP contribution in [-0.4, -0.2) is 32.0 Å². The molecule has 0 aliphatic heterocycles. The smallest absolute Gasteiger partial charge is 0.202 e. The van der Waals surface area contributed by atoms with Crippen LogP contribution in [0.1, 0.15) is 5.69 Å². The van der Waals surface area contributed by atoms with Gasteiger partial charge in [-0.1, -0.05) is 29.8 Å². The molecule has 0 bridgehead atoms. The van der Waals surface area contributed by atoms with Crippen molar-refractivity contribution in [3.8, 4) is 0 Å². The third-order valence-corrected chi connectivity index (χ3v) is 6.81. The van der Waals surface area contributed by atoms with E-state index < -0.39 is 9.84 Å². The summed E-state index contributed by atoms with van der Waals surface area (Å²) < 4.78 is 24.7. The number of pyridine rings is 1. The maximum absolute atomic E-state index is 12.4. The van der Waals surface area contributed by atoms with Crippen LogP contribution in [0, 0.1) is 0 Å². The van der Waals surface area contributed by atoms with Crippen molar-refractivity contribution in [3.63, 3.8) is 0 Å². The van der Waals surface area contributed by atoms with Gasteiger partial charge in [0.1, 0.15) is 0 Å². The monoisotopic (exact) mass is 414 g/mol. The van der Waals surface area contributed by atoms with E-state index in [2.05, 4.69) is 10.3 Å². The summed E-state index contributed by atoms with van der Waals surface area (Å²) in [5, 5.41) is 5.75. The van der Waals surface area contributed by atoms with Gasteiger partial charge in [-0.15, -0.1) is 11.8 Å². The number of nitrogens with zero attached hydrogens (tertiary/aromatic N) is 1. The van der Waals surface area contributed by atoms with Crippen LogP contribution in [0.2, 0.25) is 5.02 Å². The zero-order chi connectivity index (χ0) is 18.1. The lowest BCUT2D eigenvalue weighted by Crippen LogP contribution is -2.16. The molecule has 0 saturated heterocycles. The number of hydrogen-bond acceptors (Lipinski definition) is 6. The van der Waals surface area contributed by atoms with E-state index in [0.29, 0.717) is 21.5 Å². The largest absolute Gasteiger partial charge is 0.378 e. The number of sulfone groups is 1. The Kier molecular flexibility index (Phi) is 8.15. The molecule has 134 valence electrons. The molecule has 1 aromatic carbocycles. The van der Waals surface area contributed by atoms with Gasteiger partial charge in [-0.3, -0.25) is 4.98 Å². The molecule has 0 unspecified atom stereocenters. The predicted octanol–water partition coefficient (Wildman–Crippen LogP) is 4.19. The van der Waals surface area contributed by atoms with E-state index in [1.54, 1.807) is 54.4 Å². The van der Waals surface area contributed by atoms with E-state index in [1.807, 2.05) is 12.3 Å². The summed E-state index contributed by atoms with van der Waals surface area (Å²) in [6, 6.07) is 12.0. The van der Waals surface area contributed by atoms with E-state index in [4.69, 9.17) is 11.6 Å². The molecule has 1 aromatic heterocycles. The number of aromatic nitrogens is 1. The normalized spacial score (nSPS) is 12.2. The van der Waals surface area contributed by atoms with Gasteiger partial charge in [0, 0.05) is 24.2 Å². The molecule has 0 aliphatic carbocycles. The summed E-state index contributed by atoms with van der Waals surface area (Å²) in [4.78, 5) is 4.54. The average molecular weight is 415 g/mol. The Morgan fingerprint density at radius 3 is 2.68 bits per heavy atom. The minimum Gasteiger partial charge on any atom is -0.378 e. The number of thioether (sulfide) groups is 2. The van der Waals surface area contributed by atoms with E-state index in [1.165, 1.54) is 17.2 Å². The molecule has 4 nitrogen and oxygen atoms in total. The standard InChI is InChI=1S/C17H19ClN2O2S3/c1-23-17(13-25(21,22)14-6-3-2-4-7-14)20-10-11-24-12-16-15(18)8-5-9-19-16/h2-9,13,20H,10-12H2,1H3. The third kappa shape index (κ3) is 6.58. The second kappa shape index (κ2) is 10.1. The van der Waals surface area contributed by atoms with E-state index in [-0.39, 0.29) is 0 Å². The highest BCUT2D eigenvalue weighted by Gasteiger charge is 2.12. The highest BCUT2D eigenvalue weighted by atomic mass is 35.5. The van der Waals surface area contributed by atoms with Crippen LogP contribution in [0.3, 0.4) is 0 Å². The van der Waals surface area contributed by atoms with Gasteiger partial charge < -0.3 is 5.32 Å². The predicted molar refractivity (Wildman–Crippen MR) is 109 cm³/mol. The zero-order valence-corrected chi connectivity index (χ0v) is 16.9. The highest BCUT2D eigenvalue weighted by molar-refractivity contribution is 8.03. The van der Waals surface area contributed by atoms with Crippen molar-refractivity contribution in [2.45, 2.75) is 10.6 Å². The van der Waals surface area contributed by atoms with Gasteiger partial charge in [-0.2, -0.15) is 11.8 Å². The molecule has 0 atom stereocenters. The topological polar surface area (TPSA) is 59.1 Å². The highest BCUT2D eigenvalue weighted by Crippen LogP contribution is 2.19. The van der Waals surface area contributed by atoms with Crippen molar-refractivity contribution in [2.24, 2.45) is 0 Å². The Labute approximate surface area is 162 Å². The van der Waals surface area contributed by atoms with Crippen molar-refractivity contribution in [2.75, 3.05) is 18.6 Å². The molecule has 8 heteroatoms. The number of hydrogen-bond donors (Lipinski definition) is 1. The lowest BCUT2D eigenvalue weighted by molar-refractivity contribution is 0.604. The Hall–Kier alpha value is -1.15. The van der Waals surface area contributed by atoms with Crippen LogP contribution in [0.15, 0.2) is 64.0 Å². The number of rotatable bonds is 9. The Balaban J connectivity index is 1.85. The molecule has 0 fully saturated rings. The Bertz CT molecular complexity index is 812. The van der Waals surface area contributed by atoms with Crippen LogP contribution in [-0.2, 0) is 15.6 Å². The number of halogens is 1. The third-order valence-electron chi connectivity index (χ3n) is 3.17. The first-order valence-corrected chi connectivity index (χ1v) is 11.8. The molecule has 0 saturated carbocycles. The van der Waals surface area contributed by atoms with Crippen molar-refractivity contribution >= 4 is 45.0 Å². The second-order valence-electron chi connectivity index (χ2n) is 4.96.